The zero-order valence-electron chi connectivity index (χ0n) is 17.8. The molecule has 0 saturated carbocycles. The number of nitrogens with one attached hydrogen (secondary N) is 1. The van der Waals surface area contributed by atoms with E-state index < -0.39 is 10.2 Å². The third-order valence-electron chi connectivity index (χ3n) is 5.35. The number of hydrogen-bond donors (Lipinski definition) is 1. The lowest BCUT2D eigenvalue weighted by molar-refractivity contribution is -0.122. The molecule has 162 valence electrons. The maximum atomic E-state index is 13.0. The lowest BCUT2D eigenvalue weighted by Gasteiger charge is -2.34. The molecule has 1 unspecified atom stereocenters. The molecule has 1 atom stereocenters. The summed E-state index contributed by atoms with van der Waals surface area (Å²) < 4.78 is 28.8. The van der Waals surface area contributed by atoms with Crippen LogP contribution in [0.2, 0.25) is 0 Å². The minimum absolute atomic E-state index is 0.0198. The second kappa shape index (κ2) is 10.2. The van der Waals surface area contributed by atoms with Gasteiger partial charge in [-0.2, -0.15) is 17.0 Å². The monoisotopic (exact) mass is 429 g/mol. The van der Waals surface area contributed by atoms with Gasteiger partial charge < -0.3 is 5.32 Å². The van der Waals surface area contributed by atoms with Gasteiger partial charge in [-0.15, -0.1) is 0 Å². The summed E-state index contributed by atoms with van der Waals surface area (Å²) in [6, 6.07) is 18.0. The first-order valence-corrected chi connectivity index (χ1v) is 11.9. The summed E-state index contributed by atoms with van der Waals surface area (Å²) in [4.78, 5) is 12.5. The molecule has 7 heteroatoms. The van der Waals surface area contributed by atoms with Crippen LogP contribution in [0.15, 0.2) is 54.6 Å². The fourth-order valence-corrected chi connectivity index (χ4v) is 5.37. The minimum atomic E-state index is -3.66. The van der Waals surface area contributed by atoms with Crippen molar-refractivity contribution < 1.29 is 13.2 Å². The second-order valence-corrected chi connectivity index (χ2v) is 9.94. The molecule has 1 fully saturated rings. The highest BCUT2D eigenvalue weighted by Crippen LogP contribution is 2.19. The Morgan fingerprint density at radius 2 is 1.73 bits per heavy atom. The van der Waals surface area contributed by atoms with Gasteiger partial charge in [0.05, 0.1) is 6.54 Å². The van der Waals surface area contributed by atoms with Crippen LogP contribution in [0.5, 0.6) is 0 Å². The van der Waals surface area contributed by atoms with Crippen molar-refractivity contribution in [3.63, 3.8) is 0 Å². The van der Waals surface area contributed by atoms with Gasteiger partial charge in [0, 0.05) is 25.7 Å². The van der Waals surface area contributed by atoms with E-state index in [1.807, 2.05) is 56.3 Å². The first kappa shape index (κ1) is 22.5. The van der Waals surface area contributed by atoms with Gasteiger partial charge in [0.2, 0.25) is 5.91 Å². The maximum absolute atomic E-state index is 13.0. The Hall–Kier alpha value is -2.22. The van der Waals surface area contributed by atoms with Crippen LogP contribution in [-0.4, -0.2) is 48.6 Å². The molecule has 1 saturated heterocycles. The van der Waals surface area contributed by atoms with Crippen LogP contribution < -0.4 is 5.32 Å². The fourth-order valence-electron chi connectivity index (χ4n) is 3.73. The molecule has 0 radical (unpaired) electrons. The molecular formula is C23H31N3O3S. The van der Waals surface area contributed by atoms with E-state index >= 15 is 0 Å². The summed E-state index contributed by atoms with van der Waals surface area (Å²) in [5, 5.41) is 2.94. The molecule has 3 rings (SSSR count). The number of aryl methyl sites for hydroxylation is 2. The van der Waals surface area contributed by atoms with Crippen molar-refractivity contribution in [2.45, 2.75) is 45.7 Å². The fraction of sp³-hybridized carbons (Fsp3) is 0.435. The van der Waals surface area contributed by atoms with Crippen molar-refractivity contribution >= 4 is 16.1 Å². The van der Waals surface area contributed by atoms with Gasteiger partial charge >= 0.3 is 0 Å². The summed E-state index contributed by atoms with van der Waals surface area (Å²) in [6.07, 6.45) is 2.39. The molecule has 1 N–H and O–H groups in total. The molecule has 1 amide bonds. The van der Waals surface area contributed by atoms with E-state index in [-0.39, 0.29) is 18.5 Å². The summed E-state index contributed by atoms with van der Waals surface area (Å²) in [5.74, 6) is -0.253. The SMILES string of the molecule is Cc1cccc(CN2CCCN(CC(=O)NC(C)CCc3ccccc3)S2(=O)=O)c1. The van der Waals surface area contributed by atoms with Gasteiger partial charge in [0.1, 0.15) is 0 Å². The number of nitrogens with zero attached hydrogens (tertiary/aromatic N) is 2. The smallest absolute Gasteiger partial charge is 0.282 e. The van der Waals surface area contributed by atoms with Crippen LogP contribution in [-0.2, 0) is 28.0 Å². The topological polar surface area (TPSA) is 69.7 Å². The van der Waals surface area contributed by atoms with E-state index in [0.717, 1.165) is 24.0 Å². The molecule has 0 aromatic heterocycles. The summed E-state index contributed by atoms with van der Waals surface area (Å²) in [7, 11) is -3.66. The van der Waals surface area contributed by atoms with Crippen molar-refractivity contribution in [1.82, 2.24) is 13.9 Å². The molecule has 0 bridgehead atoms. The molecule has 0 aliphatic carbocycles. The lowest BCUT2D eigenvalue weighted by Crippen LogP contribution is -2.52. The van der Waals surface area contributed by atoms with E-state index in [4.69, 9.17) is 0 Å². The first-order valence-electron chi connectivity index (χ1n) is 10.5. The number of carbonyl (C=O) groups is 1. The van der Waals surface area contributed by atoms with E-state index in [2.05, 4.69) is 17.4 Å². The number of benzene rings is 2. The molecule has 0 spiro atoms. The van der Waals surface area contributed by atoms with Gasteiger partial charge in [0.15, 0.2) is 0 Å². The third kappa shape index (κ3) is 6.14. The molecule has 30 heavy (non-hydrogen) atoms. The quantitative estimate of drug-likeness (QED) is 0.702. The van der Waals surface area contributed by atoms with Crippen molar-refractivity contribution in [2.24, 2.45) is 0 Å². The van der Waals surface area contributed by atoms with E-state index in [1.165, 1.54) is 14.2 Å². The largest absolute Gasteiger partial charge is 0.352 e. The predicted molar refractivity (Wildman–Crippen MR) is 119 cm³/mol. The minimum Gasteiger partial charge on any atom is -0.352 e. The highest BCUT2D eigenvalue weighted by Gasteiger charge is 2.34. The molecule has 2 aromatic rings. The Morgan fingerprint density at radius 3 is 2.47 bits per heavy atom. The van der Waals surface area contributed by atoms with Gasteiger partial charge in [0.25, 0.3) is 10.2 Å². The second-order valence-electron chi connectivity index (χ2n) is 8.01. The Bertz CT molecular complexity index is 947. The number of carbonyl (C=O) groups excluding carboxylic acids is 1. The predicted octanol–water partition coefficient (Wildman–Crippen LogP) is 2.89. The molecule has 1 aliphatic rings. The maximum Gasteiger partial charge on any atom is 0.282 e. The van der Waals surface area contributed by atoms with Crippen LogP contribution >= 0.6 is 0 Å². The zero-order valence-corrected chi connectivity index (χ0v) is 18.6. The average Bonchev–Trinajstić information content (AvgIpc) is 2.70. The third-order valence-corrected chi connectivity index (χ3v) is 7.27. The van der Waals surface area contributed by atoms with Crippen LogP contribution in [0.1, 0.15) is 36.5 Å². The highest BCUT2D eigenvalue weighted by molar-refractivity contribution is 7.86. The van der Waals surface area contributed by atoms with Gasteiger partial charge in [-0.05, 0) is 44.2 Å². The molecule has 2 aromatic carbocycles. The Kier molecular flexibility index (Phi) is 7.64. The van der Waals surface area contributed by atoms with Crippen molar-refractivity contribution in [3.8, 4) is 0 Å². The first-order chi connectivity index (χ1) is 14.3. The van der Waals surface area contributed by atoms with Crippen LogP contribution in [0.4, 0.5) is 0 Å². The molecule has 1 heterocycles. The average molecular weight is 430 g/mol. The van der Waals surface area contributed by atoms with Crippen LogP contribution in [0, 0.1) is 6.92 Å². The van der Waals surface area contributed by atoms with Crippen molar-refractivity contribution in [2.75, 3.05) is 19.6 Å². The van der Waals surface area contributed by atoms with Crippen LogP contribution in [0.3, 0.4) is 0 Å². The number of rotatable bonds is 8. The Labute approximate surface area is 180 Å². The van der Waals surface area contributed by atoms with Crippen LogP contribution in [0.25, 0.3) is 0 Å². The van der Waals surface area contributed by atoms with E-state index in [9.17, 15) is 13.2 Å². The number of hydrogen-bond acceptors (Lipinski definition) is 3. The Balaban J connectivity index is 1.53. The van der Waals surface area contributed by atoms with E-state index in [1.54, 1.807) is 0 Å². The normalized spacial score (nSPS) is 18.1. The van der Waals surface area contributed by atoms with E-state index in [0.29, 0.717) is 26.1 Å². The molecular weight excluding hydrogens is 398 g/mol. The van der Waals surface area contributed by atoms with Gasteiger partial charge in [-0.1, -0.05) is 60.2 Å². The summed E-state index contributed by atoms with van der Waals surface area (Å²) in [5.41, 5.74) is 3.28. The van der Waals surface area contributed by atoms with Gasteiger partial charge in [-0.25, -0.2) is 0 Å². The van der Waals surface area contributed by atoms with Crippen molar-refractivity contribution in [3.05, 3.63) is 71.3 Å². The highest BCUT2D eigenvalue weighted by atomic mass is 32.2. The van der Waals surface area contributed by atoms with Crippen molar-refractivity contribution in [1.29, 1.82) is 0 Å². The standard InChI is InChI=1S/C23H31N3O3S/c1-19-8-6-11-22(16-19)17-25-14-7-15-26(30(25,28)29)18-23(27)24-20(2)12-13-21-9-4-3-5-10-21/h3-6,8-11,16,20H,7,12-15,17-18H2,1-2H3,(H,24,27). The lowest BCUT2D eigenvalue weighted by atomic mass is 10.1. The number of amides is 1. The van der Waals surface area contributed by atoms with Gasteiger partial charge in [-0.3, -0.25) is 4.79 Å². The molecule has 1 aliphatic heterocycles. The molecule has 6 nitrogen and oxygen atoms in total. The summed E-state index contributed by atoms with van der Waals surface area (Å²) in [6.45, 7) is 4.98. The zero-order chi connectivity index (χ0) is 21.6. The Morgan fingerprint density at radius 1 is 1.03 bits per heavy atom. The summed E-state index contributed by atoms with van der Waals surface area (Å²) >= 11 is 0.